The average molecular weight is 543 g/mol. The van der Waals surface area contributed by atoms with E-state index >= 15 is 0 Å². The highest BCUT2D eigenvalue weighted by molar-refractivity contribution is 7.92. The van der Waals surface area contributed by atoms with Gasteiger partial charge >= 0.3 is 0 Å². The molecule has 0 N–H and O–H groups in total. The molecule has 1 aromatic heterocycles. The van der Waals surface area contributed by atoms with Crippen LogP contribution in [-0.2, 0) is 27.8 Å². The summed E-state index contributed by atoms with van der Waals surface area (Å²) in [6, 6.07) is 18.8. The lowest BCUT2D eigenvalue weighted by Gasteiger charge is -2.26. The molecule has 0 spiro atoms. The van der Waals surface area contributed by atoms with E-state index in [0.29, 0.717) is 37.4 Å². The Hall–Kier alpha value is -3.14. The zero-order valence-corrected chi connectivity index (χ0v) is 23.1. The SMILES string of the molecule is CCCN(CC(=O)N(CCc1ccc(OC)c(OC)c1)Cc1cccs1)S(=O)(=O)C=Cc1ccccc1. The maximum absolute atomic E-state index is 13.5. The van der Waals surface area contributed by atoms with Crippen LogP contribution in [0.3, 0.4) is 0 Å². The van der Waals surface area contributed by atoms with E-state index < -0.39 is 10.0 Å². The van der Waals surface area contributed by atoms with Crippen LogP contribution in [0.4, 0.5) is 0 Å². The minimum atomic E-state index is -3.78. The molecule has 9 heteroatoms. The molecule has 2 aromatic carbocycles. The van der Waals surface area contributed by atoms with Gasteiger partial charge in [-0.3, -0.25) is 4.79 Å². The lowest BCUT2D eigenvalue weighted by Crippen LogP contribution is -2.43. The highest BCUT2D eigenvalue weighted by Gasteiger charge is 2.25. The maximum Gasteiger partial charge on any atom is 0.238 e. The second-order valence-corrected chi connectivity index (χ2v) is 11.3. The van der Waals surface area contributed by atoms with Gasteiger partial charge in [0, 0.05) is 23.4 Å². The van der Waals surface area contributed by atoms with E-state index in [1.807, 2.05) is 73.0 Å². The van der Waals surface area contributed by atoms with Crippen LogP contribution in [0.2, 0.25) is 0 Å². The Morgan fingerprint density at radius 3 is 2.38 bits per heavy atom. The molecule has 0 unspecified atom stereocenters. The van der Waals surface area contributed by atoms with Crippen molar-refractivity contribution in [1.82, 2.24) is 9.21 Å². The van der Waals surface area contributed by atoms with Gasteiger partial charge in [0.1, 0.15) is 0 Å². The van der Waals surface area contributed by atoms with Gasteiger partial charge < -0.3 is 14.4 Å². The Labute approximate surface area is 224 Å². The number of nitrogens with zero attached hydrogens (tertiary/aromatic N) is 2. The van der Waals surface area contributed by atoms with E-state index in [4.69, 9.17) is 9.47 Å². The molecule has 3 aromatic rings. The fourth-order valence-corrected chi connectivity index (χ4v) is 5.74. The van der Waals surface area contributed by atoms with E-state index in [9.17, 15) is 13.2 Å². The standard InChI is InChI=1S/C28H34N2O5S2/c1-4-16-30(37(32,33)19-15-23-9-6-5-7-10-23)22-28(31)29(21-25-11-8-18-36-25)17-14-24-12-13-26(34-2)27(20-24)35-3/h5-13,15,18-20H,4,14,16-17,21-22H2,1-3H3. The molecule has 0 aliphatic rings. The van der Waals surface area contributed by atoms with Gasteiger partial charge in [0.25, 0.3) is 0 Å². The summed E-state index contributed by atoms with van der Waals surface area (Å²) in [5, 5.41) is 3.15. The van der Waals surface area contributed by atoms with Crippen LogP contribution in [-0.4, -0.2) is 57.4 Å². The van der Waals surface area contributed by atoms with Crippen molar-refractivity contribution in [2.24, 2.45) is 0 Å². The molecular weight excluding hydrogens is 508 g/mol. The van der Waals surface area contributed by atoms with Gasteiger partial charge in [-0.25, -0.2) is 8.42 Å². The van der Waals surface area contributed by atoms with E-state index in [2.05, 4.69) is 0 Å². The van der Waals surface area contributed by atoms with Crippen molar-refractivity contribution in [3.63, 3.8) is 0 Å². The molecule has 1 heterocycles. The zero-order valence-electron chi connectivity index (χ0n) is 21.5. The Kier molecular flexibility index (Phi) is 10.7. The monoisotopic (exact) mass is 542 g/mol. The molecule has 0 aliphatic carbocycles. The normalized spacial score (nSPS) is 11.7. The number of amides is 1. The van der Waals surface area contributed by atoms with Crippen molar-refractivity contribution >= 4 is 33.3 Å². The number of methoxy groups -OCH3 is 2. The van der Waals surface area contributed by atoms with Crippen molar-refractivity contribution in [2.45, 2.75) is 26.3 Å². The van der Waals surface area contributed by atoms with Crippen molar-refractivity contribution in [3.8, 4) is 11.5 Å². The molecule has 7 nitrogen and oxygen atoms in total. The molecule has 37 heavy (non-hydrogen) atoms. The van der Waals surface area contributed by atoms with Crippen LogP contribution in [0.1, 0.15) is 29.3 Å². The number of thiophene rings is 1. The van der Waals surface area contributed by atoms with Gasteiger partial charge in [0.2, 0.25) is 15.9 Å². The van der Waals surface area contributed by atoms with Gasteiger partial charge in [-0.2, -0.15) is 4.31 Å². The van der Waals surface area contributed by atoms with Crippen LogP contribution in [0.25, 0.3) is 6.08 Å². The topological polar surface area (TPSA) is 76.2 Å². The van der Waals surface area contributed by atoms with Crippen LogP contribution < -0.4 is 9.47 Å². The third-order valence-corrected chi connectivity index (χ3v) is 8.15. The molecule has 0 atom stereocenters. The predicted octanol–water partition coefficient (Wildman–Crippen LogP) is 5.05. The number of benzene rings is 2. The molecule has 0 aliphatic heterocycles. The maximum atomic E-state index is 13.5. The Morgan fingerprint density at radius 2 is 1.73 bits per heavy atom. The third kappa shape index (κ3) is 8.45. The summed E-state index contributed by atoms with van der Waals surface area (Å²) in [6.07, 6.45) is 2.75. The third-order valence-electron chi connectivity index (χ3n) is 5.77. The minimum Gasteiger partial charge on any atom is -0.493 e. The lowest BCUT2D eigenvalue weighted by atomic mass is 10.1. The summed E-state index contributed by atoms with van der Waals surface area (Å²) >= 11 is 1.57. The van der Waals surface area contributed by atoms with Crippen LogP contribution >= 0.6 is 11.3 Å². The van der Waals surface area contributed by atoms with Crippen molar-refractivity contribution in [3.05, 3.63) is 87.5 Å². The number of ether oxygens (including phenoxy) is 2. The fraction of sp³-hybridized carbons (Fsp3) is 0.321. The molecule has 0 radical (unpaired) electrons. The van der Waals surface area contributed by atoms with E-state index in [1.165, 1.54) is 9.71 Å². The summed E-state index contributed by atoms with van der Waals surface area (Å²) in [4.78, 5) is 16.2. The first-order valence-corrected chi connectivity index (χ1v) is 14.5. The first-order valence-electron chi connectivity index (χ1n) is 12.1. The Morgan fingerprint density at radius 1 is 0.973 bits per heavy atom. The van der Waals surface area contributed by atoms with Gasteiger partial charge in [0.05, 0.1) is 27.3 Å². The molecular formula is C28H34N2O5S2. The first kappa shape index (κ1) is 28.4. The number of hydrogen-bond donors (Lipinski definition) is 0. The van der Waals surface area contributed by atoms with Crippen molar-refractivity contribution in [2.75, 3.05) is 33.9 Å². The number of carbonyl (C=O) groups excluding carboxylic acids is 1. The van der Waals surface area contributed by atoms with E-state index in [0.717, 1.165) is 16.0 Å². The minimum absolute atomic E-state index is 0.216. The molecule has 1 amide bonds. The molecule has 0 fully saturated rings. The van der Waals surface area contributed by atoms with Crippen molar-refractivity contribution in [1.29, 1.82) is 0 Å². The summed E-state index contributed by atoms with van der Waals surface area (Å²) in [6.45, 7) is 2.80. The summed E-state index contributed by atoms with van der Waals surface area (Å²) in [7, 11) is -0.606. The summed E-state index contributed by atoms with van der Waals surface area (Å²) in [5.41, 5.74) is 1.77. The lowest BCUT2D eigenvalue weighted by molar-refractivity contribution is -0.132. The fourth-order valence-electron chi connectivity index (χ4n) is 3.79. The van der Waals surface area contributed by atoms with Crippen LogP contribution in [0, 0.1) is 0 Å². The quantitative estimate of drug-likeness (QED) is 0.285. The highest BCUT2D eigenvalue weighted by Crippen LogP contribution is 2.28. The van der Waals surface area contributed by atoms with Gasteiger partial charge in [-0.05, 0) is 53.6 Å². The molecule has 0 saturated heterocycles. The largest absolute Gasteiger partial charge is 0.493 e. The van der Waals surface area contributed by atoms with Gasteiger partial charge in [-0.1, -0.05) is 49.4 Å². The second kappa shape index (κ2) is 14.0. The predicted molar refractivity (Wildman–Crippen MR) is 149 cm³/mol. The molecule has 198 valence electrons. The van der Waals surface area contributed by atoms with E-state index in [1.54, 1.807) is 36.5 Å². The molecule has 3 rings (SSSR count). The van der Waals surface area contributed by atoms with Crippen molar-refractivity contribution < 1.29 is 22.7 Å². The van der Waals surface area contributed by atoms with Gasteiger partial charge in [-0.15, -0.1) is 11.3 Å². The number of carbonyl (C=O) groups is 1. The van der Waals surface area contributed by atoms with E-state index in [-0.39, 0.29) is 19.0 Å². The second-order valence-electron chi connectivity index (χ2n) is 8.43. The zero-order chi connectivity index (χ0) is 26.7. The smallest absolute Gasteiger partial charge is 0.238 e. The first-order chi connectivity index (χ1) is 17.9. The highest BCUT2D eigenvalue weighted by atomic mass is 32.2. The summed E-state index contributed by atoms with van der Waals surface area (Å²) < 4.78 is 38.2. The summed E-state index contributed by atoms with van der Waals surface area (Å²) in [5.74, 6) is 1.03. The molecule has 0 saturated carbocycles. The Balaban J connectivity index is 1.76. The average Bonchev–Trinajstić information content (AvgIpc) is 3.43. The Bertz CT molecular complexity index is 1260. The van der Waals surface area contributed by atoms with Crippen LogP contribution in [0.5, 0.6) is 11.5 Å². The van der Waals surface area contributed by atoms with Gasteiger partial charge in [0.15, 0.2) is 11.5 Å². The van der Waals surface area contributed by atoms with Crippen LogP contribution in [0.15, 0.2) is 71.5 Å². The number of rotatable bonds is 14. The number of hydrogen-bond acceptors (Lipinski definition) is 6. The molecule has 0 bridgehead atoms. The number of sulfonamides is 1.